The van der Waals surface area contributed by atoms with Gasteiger partial charge in [-0.2, -0.15) is 0 Å². The van der Waals surface area contributed by atoms with E-state index in [2.05, 4.69) is 26.2 Å². The van der Waals surface area contributed by atoms with Gasteiger partial charge >= 0.3 is 0 Å². The zero-order chi connectivity index (χ0) is 17.3. The van der Waals surface area contributed by atoms with Gasteiger partial charge in [-0.1, -0.05) is 0 Å². The van der Waals surface area contributed by atoms with Gasteiger partial charge in [-0.3, -0.25) is 0 Å². The van der Waals surface area contributed by atoms with Crippen molar-refractivity contribution in [3.8, 4) is 5.75 Å². The van der Waals surface area contributed by atoms with Gasteiger partial charge in [0.25, 0.3) is 0 Å². The van der Waals surface area contributed by atoms with Crippen LogP contribution in [-0.2, 0) is 9.84 Å². The molecule has 0 radical (unpaired) electrons. The van der Waals surface area contributed by atoms with Crippen LogP contribution in [0.1, 0.15) is 0 Å². The van der Waals surface area contributed by atoms with Crippen molar-refractivity contribution in [3.63, 3.8) is 0 Å². The quantitative estimate of drug-likeness (QED) is 0.704. The smallest absolute Gasteiger partial charge is 0.175 e. The van der Waals surface area contributed by atoms with Crippen molar-refractivity contribution in [3.05, 3.63) is 53.1 Å². The van der Waals surface area contributed by atoms with Crippen LogP contribution in [0.3, 0.4) is 0 Å². The minimum atomic E-state index is -3.21. The lowest BCUT2D eigenvalue weighted by atomic mass is 10.1. The number of benzene rings is 2. The van der Waals surface area contributed by atoms with Gasteiger partial charge in [0.15, 0.2) is 9.84 Å². The molecule has 0 aliphatic carbocycles. The van der Waals surface area contributed by atoms with E-state index in [0.29, 0.717) is 11.6 Å². The molecule has 0 aliphatic rings. The molecule has 0 unspecified atom stereocenters. The molecular weight excluding hydrogens is 392 g/mol. The number of halogens is 1. The van der Waals surface area contributed by atoms with Gasteiger partial charge in [0.2, 0.25) is 0 Å². The summed E-state index contributed by atoms with van der Waals surface area (Å²) >= 11 is 3.47. The molecule has 0 bridgehead atoms. The number of sulfone groups is 1. The van der Waals surface area contributed by atoms with E-state index in [4.69, 9.17) is 4.74 Å². The van der Waals surface area contributed by atoms with E-state index < -0.39 is 9.84 Å². The van der Waals surface area contributed by atoms with E-state index in [1.54, 1.807) is 37.6 Å². The van der Waals surface area contributed by atoms with Crippen LogP contribution >= 0.6 is 15.9 Å². The summed E-state index contributed by atoms with van der Waals surface area (Å²) in [5.41, 5.74) is 0.754. The van der Waals surface area contributed by atoms with Crippen molar-refractivity contribution in [2.45, 2.75) is 4.90 Å². The minimum absolute atomic E-state index is 0.282. The highest BCUT2D eigenvalue weighted by atomic mass is 79.9. The van der Waals surface area contributed by atoms with E-state index in [0.717, 1.165) is 20.9 Å². The van der Waals surface area contributed by atoms with E-state index in [1.165, 1.54) is 6.26 Å². The lowest BCUT2D eigenvalue weighted by Crippen LogP contribution is -1.98. The number of nitrogens with zero attached hydrogens (tertiary/aromatic N) is 1. The van der Waals surface area contributed by atoms with E-state index in [1.807, 2.05) is 18.2 Å². The topological polar surface area (TPSA) is 68.3 Å². The van der Waals surface area contributed by atoms with Crippen molar-refractivity contribution in [2.75, 3.05) is 18.7 Å². The zero-order valence-corrected chi connectivity index (χ0v) is 15.5. The maximum atomic E-state index is 11.5. The Morgan fingerprint density at radius 3 is 2.46 bits per heavy atom. The Hall–Kier alpha value is -2.12. The van der Waals surface area contributed by atoms with Crippen LogP contribution in [0.15, 0.2) is 58.0 Å². The summed E-state index contributed by atoms with van der Waals surface area (Å²) in [4.78, 5) is 4.66. The fourth-order valence-electron chi connectivity index (χ4n) is 2.35. The van der Waals surface area contributed by atoms with Crippen molar-refractivity contribution in [1.29, 1.82) is 0 Å². The van der Waals surface area contributed by atoms with Crippen molar-refractivity contribution < 1.29 is 13.2 Å². The Balaban J connectivity index is 2.01. The summed E-state index contributed by atoms with van der Waals surface area (Å²) in [5.74, 6) is 1.39. The Morgan fingerprint density at radius 1 is 1.12 bits per heavy atom. The average Bonchev–Trinajstić information content (AvgIpc) is 2.54. The molecule has 124 valence electrons. The fourth-order valence-corrected chi connectivity index (χ4v) is 3.51. The van der Waals surface area contributed by atoms with Crippen LogP contribution in [0.4, 0.5) is 11.5 Å². The lowest BCUT2D eigenvalue weighted by molar-refractivity contribution is 0.413. The molecule has 1 aromatic heterocycles. The molecule has 1 N–H and O–H groups in total. The van der Waals surface area contributed by atoms with Gasteiger partial charge < -0.3 is 10.1 Å². The molecule has 3 aromatic rings. The molecule has 5 nitrogen and oxygen atoms in total. The molecule has 0 atom stereocenters. The SMILES string of the molecule is COc1cc2c(Nc3ccc(S(C)(=O)=O)cc3)nccc2cc1Br. The number of fused-ring (bicyclic) bond motifs is 1. The predicted octanol–water partition coefficient (Wildman–Crippen LogP) is 4.15. The first kappa shape index (κ1) is 16.7. The Bertz CT molecular complexity index is 1000. The van der Waals surface area contributed by atoms with Crippen molar-refractivity contribution in [1.82, 2.24) is 4.98 Å². The predicted molar refractivity (Wildman–Crippen MR) is 98.8 cm³/mol. The normalized spacial score (nSPS) is 11.5. The maximum Gasteiger partial charge on any atom is 0.175 e. The van der Waals surface area contributed by atoms with E-state index in [9.17, 15) is 8.42 Å². The third-order valence-corrected chi connectivity index (χ3v) is 5.33. The number of hydrogen-bond donors (Lipinski definition) is 1. The molecule has 7 heteroatoms. The third-order valence-electron chi connectivity index (χ3n) is 3.58. The highest BCUT2D eigenvalue weighted by molar-refractivity contribution is 9.10. The number of ether oxygens (including phenoxy) is 1. The van der Waals surface area contributed by atoms with Crippen LogP contribution in [-0.4, -0.2) is 26.8 Å². The summed E-state index contributed by atoms with van der Waals surface area (Å²) in [7, 11) is -1.60. The summed E-state index contributed by atoms with van der Waals surface area (Å²) in [6.45, 7) is 0. The second-order valence-corrected chi connectivity index (χ2v) is 8.16. The van der Waals surface area contributed by atoms with Gasteiger partial charge in [0.05, 0.1) is 16.5 Å². The summed E-state index contributed by atoms with van der Waals surface area (Å²) in [6.07, 6.45) is 2.90. The number of methoxy groups -OCH3 is 1. The maximum absolute atomic E-state index is 11.5. The van der Waals surface area contributed by atoms with E-state index in [-0.39, 0.29) is 4.90 Å². The van der Waals surface area contributed by atoms with Crippen LogP contribution in [0, 0.1) is 0 Å². The van der Waals surface area contributed by atoms with E-state index >= 15 is 0 Å². The molecule has 0 saturated heterocycles. The highest BCUT2D eigenvalue weighted by Crippen LogP contribution is 2.33. The Labute approximate surface area is 148 Å². The highest BCUT2D eigenvalue weighted by Gasteiger charge is 2.09. The number of anilines is 2. The van der Waals surface area contributed by atoms with Gasteiger partial charge in [0.1, 0.15) is 11.6 Å². The molecule has 2 aromatic carbocycles. The molecule has 3 rings (SSSR count). The Kier molecular flexibility index (Phi) is 4.47. The van der Waals surface area contributed by atoms with Gasteiger partial charge in [-0.15, -0.1) is 0 Å². The summed E-state index contributed by atoms with van der Waals surface area (Å²) in [5, 5.41) is 5.13. The molecule has 0 saturated carbocycles. The Morgan fingerprint density at radius 2 is 1.83 bits per heavy atom. The largest absolute Gasteiger partial charge is 0.496 e. The van der Waals surface area contributed by atoms with Gasteiger partial charge in [0, 0.05) is 23.5 Å². The zero-order valence-electron chi connectivity index (χ0n) is 13.1. The molecular formula is C17H15BrN2O3S. The number of nitrogens with one attached hydrogen (secondary N) is 1. The van der Waals surface area contributed by atoms with Crippen LogP contribution in [0.5, 0.6) is 5.75 Å². The molecule has 0 aliphatic heterocycles. The van der Waals surface area contributed by atoms with Crippen LogP contribution < -0.4 is 10.1 Å². The molecule has 24 heavy (non-hydrogen) atoms. The average molecular weight is 407 g/mol. The first-order valence-electron chi connectivity index (χ1n) is 7.08. The molecule has 0 fully saturated rings. The number of hydrogen-bond acceptors (Lipinski definition) is 5. The fraction of sp³-hybridized carbons (Fsp3) is 0.118. The van der Waals surface area contributed by atoms with Gasteiger partial charge in [-0.05, 0) is 63.8 Å². The second kappa shape index (κ2) is 6.41. The van der Waals surface area contributed by atoms with Crippen LogP contribution in [0.2, 0.25) is 0 Å². The molecule has 0 spiro atoms. The first-order chi connectivity index (χ1) is 11.4. The third kappa shape index (κ3) is 3.37. The first-order valence-corrected chi connectivity index (χ1v) is 9.76. The second-order valence-electron chi connectivity index (χ2n) is 5.29. The number of aromatic nitrogens is 1. The van der Waals surface area contributed by atoms with Gasteiger partial charge in [-0.25, -0.2) is 13.4 Å². The van der Waals surface area contributed by atoms with Crippen molar-refractivity contribution >= 4 is 48.0 Å². The molecule has 0 amide bonds. The van der Waals surface area contributed by atoms with Crippen molar-refractivity contribution in [2.24, 2.45) is 0 Å². The number of rotatable bonds is 4. The monoisotopic (exact) mass is 406 g/mol. The lowest BCUT2D eigenvalue weighted by Gasteiger charge is -2.11. The number of pyridine rings is 1. The standard InChI is InChI=1S/C17H15BrN2O3S/c1-23-16-10-14-11(9-15(16)18)7-8-19-17(14)20-12-3-5-13(6-4-12)24(2,21)22/h3-10H,1-2H3,(H,19,20). The van der Waals surface area contributed by atoms with Crippen LogP contribution in [0.25, 0.3) is 10.8 Å². The minimum Gasteiger partial charge on any atom is -0.496 e. The summed E-state index contributed by atoms with van der Waals surface area (Å²) in [6, 6.07) is 12.4. The summed E-state index contributed by atoms with van der Waals surface area (Å²) < 4.78 is 29.3. The molecule has 1 heterocycles.